The van der Waals surface area contributed by atoms with Gasteiger partial charge in [0.2, 0.25) is 0 Å². The van der Waals surface area contributed by atoms with Crippen molar-refractivity contribution in [2.24, 2.45) is 0 Å². The van der Waals surface area contributed by atoms with Crippen molar-refractivity contribution in [1.82, 2.24) is 0 Å². The predicted molar refractivity (Wildman–Crippen MR) is 75.3 cm³/mol. The smallest absolute Gasteiger partial charge is 0.550 e. The molecule has 0 bridgehead atoms. The molecule has 0 aromatic heterocycles. The fourth-order valence-corrected chi connectivity index (χ4v) is 2.16. The van der Waals surface area contributed by atoms with Gasteiger partial charge in [-0.15, -0.1) is 0 Å². The van der Waals surface area contributed by atoms with Gasteiger partial charge in [0.15, 0.2) is 0 Å². The minimum absolute atomic E-state index is 0. The van der Waals surface area contributed by atoms with E-state index in [1.165, 1.54) is 38.5 Å². The molecular weight excluding hydrogens is 263 g/mol. The number of hydrogen-bond acceptors (Lipinski definition) is 2. The van der Waals surface area contributed by atoms with Crippen LogP contribution in [0.15, 0.2) is 0 Å². The van der Waals surface area contributed by atoms with Gasteiger partial charge in [-0.3, -0.25) is 0 Å². The Bertz CT molecular complexity index is 258. The van der Waals surface area contributed by atoms with Gasteiger partial charge in [0.05, 0.1) is 0 Å². The van der Waals surface area contributed by atoms with E-state index in [-0.39, 0.29) is 57.8 Å². The number of carboxylic acid groups (broad SMARTS) is 1. The first-order chi connectivity index (χ1) is 9.92. The van der Waals surface area contributed by atoms with Crippen LogP contribution in [0.3, 0.4) is 0 Å². The Morgan fingerprint density at radius 3 is 1.53 bits per heavy atom. The van der Waals surface area contributed by atoms with Gasteiger partial charge in [-0.05, 0) is 12.8 Å². The third-order valence-electron chi connectivity index (χ3n) is 3.31. The van der Waals surface area contributed by atoms with Crippen LogP contribution in [0.25, 0.3) is 0 Å². The van der Waals surface area contributed by atoms with E-state index < -0.39 is 12.8 Å². The van der Waals surface area contributed by atoms with Crippen molar-refractivity contribution in [3.8, 4) is 0 Å². The molecule has 0 rings (SSSR count). The molecule has 0 aliphatic rings. The van der Waals surface area contributed by atoms with Crippen molar-refractivity contribution in [2.45, 2.75) is 96.7 Å². The zero-order valence-electron chi connectivity index (χ0n) is 15.7. The summed E-state index contributed by atoms with van der Waals surface area (Å²) in [5.74, 6) is -0.936. The number of rotatable bonds is 14. The van der Waals surface area contributed by atoms with Crippen molar-refractivity contribution in [1.29, 1.82) is 0 Å². The molecule has 0 spiro atoms. The van der Waals surface area contributed by atoms with E-state index >= 15 is 0 Å². The standard InChI is InChI=1S/C16H32O2.K/c1-2-3-4-5-6-7-8-9-10-11-12-13-14-15-16(17)18;/h2-15H2,1H3,(H,17,18);/q;+1/p-1/i1D3;. The number of carbonyl (C=O) groups is 1. The first-order valence-electron chi connectivity index (χ1n) is 9.12. The van der Waals surface area contributed by atoms with Crippen LogP contribution in [0.5, 0.6) is 0 Å². The second kappa shape index (κ2) is 19.1. The summed E-state index contributed by atoms with van der Waals surface area (Å²) in [6.07, 6.45) is 13.9. The average Bonchev–Trinajstić information content (AvgIpc) is 2.37. The maximum absolute atomic E-state index is 10.2. The first kappa shape index (κ1) is 16.5. The molecule has 3 heteroatoms. The summed E-state index contributed by atoms with van der Waals surface area (Å²) < 4.78 is 21.3. The van der Waals surface area contributed by atoms with Gasteiger partial charge >= 0.3 is 51.4 Å². The fourth-order valence-electron chi connectivity index (χ4n) is 2.16. The van der Waals surface area contributed by atoms with Crippen molar-refractivity contribution < 1.29 is 65.4 Å². The largest absolute Gasteiger partial charge is 1.00 e. The van der Waals surface area contributed by atoms with Crippen LogP contribution >= 0.6 is 0 Å². The minimum Gasteiger partial charge on any atom is -0.550 e. The first-order valence-corrected chi connectivity index (χ1v) is 7.62. The Labute approximate surface area is 166 Å². The third-order valence-corrected chi connectivity index (χ3v) is 3.31. The molecule has 0 amide bonds. The van der Waals surface area contributed by atoms with Crippen molar-refractivity contribution in [3.05, 3.63) is 0 Å². The number of unbranched alkanes of at least 4 members (excludes halogenated alkanes) is 11. The molecule has 0 saturated heterocycles. The van der Waals surface area contributed by atoms with E-state index in [1.54, 1.807) is 0 Å². The van der Waals surface area contributed by atoms with Gasteiger partial charge in [0.25, 0.3) is 0 Å². The predicted octanol–water partition coefficient (Wildman–Crippen LogP) is 1.22. The number of carboxylic acids is 1. The summed E-state index contributed by atoms with van der Waals surface area (Å²) in [6.45, 7) is -1.75. The Morgan fingerprint density at radius 1 is 0.789 bits per heavy atom. The van der Waals surface area contributed by atoms with Crippen LogP contribution in [-0.4, -0.2) is 5.97 Å². The summed E-state index contributed by atoms with van der Waals surface area (Å²) in [6, 6.07) is 0. The Hall–Kier alpha value is 1.11. The topological polar surface area (TPSA) is 40.1 Å². The number of hydrogen-bond donors (Lipinski definition) is 0. The van der Waals surface area contributed by atoms with E-state index in [4.69, 9.17) is 4.11 Å². The SMILES string of the molecule is [2H]C([2H])([2H])CCCCCCCCCCCCCCC(=O)[O-].[K+]. The van der Waals surface area contributed by atoms with Crippen LogP contribution in [0.4, 0.5) is 0 Å². The number of carbonyl (C=O) groups excluding carboxylic acids is 1. The normalized spacial score (nSPS) is 13.2. The molecule has 0 unspecified atom stereocenters. The molecule has 0 radical (unpaired) electrons. The maximum atomic E-state index is 10.2. The van der Waals surface area contributed by atoms with Crippen LogP contribution < -0.4 is 56.5 Å². The molecular formula is C16H31KO2. The summed E-state index contributed by atoms with van der Waals surface area (Å²) in [5, 5.41) is 10.2. The quantitative estimate of drug-likeness (QED) is 0.357. The Morgan fingerprint density at radius 2 is 1.16 bits per heavy atom. The van der Waals surface area contributed by atoms with Gasteiger partial charge in [0.1, 0.15) is 0 Å². The molecule has 0 aromatic rings. The van der Waals surface area contributed by atoms with E-state index in [0.717, 1.165) is 38.5 Å². The molecule has 0 aliphatic carbocycles. The second-order valence-corrected chi connectivity index (χ2v) is 5.11. The summed E-state index contributed by atoms with van der Waals surface area (Å²) in [5.41, 5.74) is 0. The van der Waals surface area contributed by atoms with E-state index in [0.29, 0.717) is 6.42 Å². The van der Waals surface area contributed by atoms with Gasteiger partial charge < -0.3 is 9.90 Å². The molecule has 0 fully saturated rings. The van der Waals surface area contributed by atoms with Gasteiger partial charge in [-0.2, -0.15) is 0 Å². The molecule has 19 heavy (non-hydrogen) atoms. The monoisotopic (exact) mass is 297 g/mol. The molecule has 108 valence electrons. The van der Waals surface area contributed by atoms with Crippen molar-refractivity contribution in [2.75, 3.05) is 0 Å². The number of aliphatic carboxylic acids is 1. The summed E-state index contributed by atoms with van der Waals surface area (Å²) in [7, 11) is 0. The van der Waals surface area contributed by atoms with Gasteiger partial charge in [-0.25, -0.2) is 0 Å². The van der Waals surface area contributed by atoms with Crippen LogP contribution in [0, 0.1) is 0 Å². The maximum Gasteiger partial charge on any atom is 1.00 e. The van der Waals surface area contributed by atoms with Gasteiger partial charge in [-0.1, -0.05) is 83.9 Å². The third kappa shape index (κ3) is 21.6. The minimum atomic E-state index is -1.75. The molecule has 0 saturated carbocycles. The van der Waals surface area contributed by atoms with Crippen molar-refractivity contribution >= 4 is 5.97 Å². The van der Waals surface area contributed by atoms with Crippen LogP contribution in [0.1, 0.15) is 101 Å². The zero-order valence-corrected chi connectivity index (χ0v) is 15.8. The average molecular weight is 298 g/mol. The van der Waals surface area contributed by atoms with Gasteiger partial charge in [0, 0.05) is 10.1 Å². The van der Waals surface area contributed by atoms with Crippen LogP contribution in [0.2, 0.25) is 0 Å². The van der Waals surface area contributed by atoms with Crippen molar-refractivity contribution in [3.63, 3.8) is 0 Å². The van der Waals surface area contributed by atoms with E-state index in [1.807, 2.05) is 0 Å². The molecule has 0 aliphatic heterocycles. The molecule has 0 heterocycles. The Kier molecular flexibility index (Phi) is 16.6. The molecule has 0 N–H and O–H groups in total. The fraction of sp³-hybridized carbons (Fsp3) is 0.938. The van der Waals surface area contributed by atoms with Crippen LogP contribution in [-0.2, 0) is 4.79 Å². The van der Waals surface area contributed by atoms with E-state index in [2.05, 4.69) is 0 Å². The molecule has 0 aromatic carbocycles. The molecule has 0 atom stereocenters. The Balaban J connectivity index is 0. The van der Waals surface area contributed by atoms with E-state index in [9.17, 15) is 9.90 Å². The summed E-state index contributed by atoms with van der Waals surface area (Å²) in [4.78, 5) is 10.2. The zero-order chi connectivity index (χ0) is 16.0. The molecule has 2 nitrogen and oxygen atoms in total. The second-order valence-electron chi connectivity index (χ2n) is 5.11. The summed E-state index contributed by atoms with van der Waals surface area (Å²) >= 11 is 0.